The van der Waals surface area contributed by atoms with Crippen molar-refractivity contribution in [2.24, 2.45) is 0 Å². The zero-order valence-corrected chi connectivity index (χ0v) is 9.58. The van der Waals surface area contributed by atoms with Crippen molar-refractivity contribution in [3.8, 4) is 0 Å². The second-order valence-electron chi connectivity index (χ2n) is 3.52. The molecule has 5 nitrogen and oxygen atoms in total. The van der Waals surface area contributed by atoms with Crippen molar-refractivity contribution in [1.82, 2.24) is 4.98 Å². The summed E-state index contributed by atoms with van der Waals surface area (Å²) in [6.07, 6.45) is 1.15. The monoisotopic (exact) mass is 260 g/mol. The first-order chi connectivity index (χ1) is 8.11. The summed E-state index contributed by atoms with van der Waals surface area (Å²) in [7, 11) is 0. The standard InChI is InChI=1S/C10H10ClFN2O3/c11-6-5-13-9(8(12)7(6)10(15)16)14-1-3-17-4-2-14/h5H,1-4H2,(H,15,16). The number of pyridine rings is 1. The summed E-state index contributed by atoms with van der Waals surface area (Å²) in [4.78, 5) is 16.4. The van der Waals surface area contributed by atoms with Crippen LogP contribution in [0.1, 0.15) is 10.4 Å². The van der Waals surface area contributed by atoms with Gasteiger partial charge in [0.15, 0.2) is 11.6 Å². The lowest BCUT2D eigenvalue weighted by Crippen LogP contribution is -2.37. The summed E-state index contributed by atoms with van der Waals surface area (Å²) in [5, 5.41) is 8.67. The van der Waals surface area contributed by atoms with Gasteiger partial charge in [0.05, 0.1) is 18.2 Å². The number of ether oxygens (including phenoxy) is 1. The van der Waals surface area contributed by atoms with Crippen LogP contribution in [0.25, 0.3) is 0 Å². The maximum absolute atomic E-state index is 14.0. The molecule has 2 heterocycles. The van der Waals surface area contributed by atoms with E-state index in [1.54, 1.807) is 4.90 Å². The summed E-state index contributed by atoms with van der Waals surface area (Å²) in [5.41, 5.74) is -0.539. The maximum atomic E-state index is 14.0. The van der Waals surface area contributed by atoms with Crippen LogP contribution in [0.3, 0.4) is 0 Å². The van der Waals surface area contributed by atoms with E-state index in [-0.39, 0.29) is 10.8 Å². The highest BCUT2D eigenvalue weighted by molar-refractivity contribution is 6.33. The normalized spacial score (nSPS) is 16.0. The molecule has 0 aliphatic carbocycles. The van der Waals surface area contributed by atoms with Crippen molar-refractivity contribution in [2.75, 3.05) is 31.2 Å². The summed E-state index contributed by atoms with van der Waals surface area (Å²) >= 11 is 5.61. The van der Waals surface area contributed by atoms with Crippen molar-refractivity contribution in [1.29, 1.82) is 0 Å². The number of nitrogens with zero attached hydrogens (tertiary/aromatic N) is 2. The topological polar surface area (TPSA) is 62.7 Å². The van der Waals surface area contributed by atoms with Crippen molar-refractivity contribution < 1.29 is 19.0 Å². The number of hydrogen-bond acceptors (Lipinski definition) is 4. The Hall–Kier alpha value is -1.40. The molecule has 1 aromatic rings. The van der Waals surface area contributed by atoms with E-state index in [9.17, 15) is 9.18 Å². The van der Waals surface area contributed by atoms with E-state index in [1.807, 2.05) is 0 Å². The van der Waals surface area contributed by atoms with Gasteiger partial charge in [0.25, 0.3) is 0 Å². The van der Waals surface area contributed by atoms with Crippen LogP contribution in [0.4, 0.5) is 10.2 Å². The van der Waals surface area contributed by atoms with Crippen LogP contribution in [0.5, 0.6) is 0 Å². The fraction of sp³-hybridized carbons (Fsp3) is 0.400. The molecule has 0 spiro atoms. The van der Waals surface area contributed by atoms with Crippen molar-refractivity contribution >= 4 is 23.4 Å². The Bertz CT molecular complexity index is 449. The van der Waals surface area contributed by atoms with Gasteiger partial charge >= 0.3 is 5.97 Å². The Labute approximate surface area is 102 Å². The fourth-order valence-corrected chi connectivity index (χ4v) is 1.86. The van der Waals surface area contributed by atoms with E-state index in [2.05, 4.69) is 4.98 Å². The first kappa shape index (κ1) is 12.1. The lowest BCUT2D eigenvalue weighted by atomic mass is 10.2. The zero-order chi connectivity index (χ0) is 12.4. The predicted molar refractivity (Wildman–Crippen MR) is 59.2 cm³/mol. The molecule has 1 aliphatic heterocycles. The lowest BCUT2D eigenvalue weighted by molar-refractivity contribution is 0.0692. The Kier molecular flexibility index (Phi) is 3.44. The summed E-state index contributed by atoms with van der Waals surface area (Å²) in [5.74, 6) is -2.29. The van der Waals surface area contributed by atoms with Crippen LogP contribution in [-0.2, 0) is 4.74 Å². The highest BCUT2D eigenvalue weighted by Crippen LogP contribution is 2.26. The summed E-state index contributed by atoms with van der Waals surface area (Å²) < 4.78 is 19.1. The molecule has 0 saturated carbocycles. The minimum absolute atomic E-state index is 0.00935. The smallest absolute Gasteiger partial charge is 0.340 e. The molecule has 1 aliphatic rings. The number of carbonyl (C=O) groups is 1. The van der Waals surface area contributed by atoms with Crippen molar-refractivity contribution in [3.63, 3.8) is 0 Å². The molecule has 1 aromatic heterocycles. The van der Waals surface area contributed by atoms with Crippen molar-refractivity contribution in [3.05, 3.63) is 22.6 Å². The number of aromatic nitrogens is 1. The molecule has 0 aromatic carbocycles. The number of morpholine rings is 1. The molecule has 0 amide bonds. The van der Waals surface area contributed by atoms with E-state index in [1.165, 1.54) is 0 Å². The Morgan fingerprint density at radius 1 is 1.53 bits per heavy atom. The Morgan fingerprint density at radius 2 is 2.18 bits per heavy atom. The third kappa shape index (κ3) is 2.32. The zero-order valence-electron chi connectivity index (χ0n) is 8.82. The predicted octanol–water partition coefficient (Wildman–Crippen LogP) is 1.41. The average molecular weight is 261 g/mol. The van der Waals surface area contributed by atoms with Gasteiger partial charge in [-0.2, -0.15) is 0 Å². The number of aromatic carboxylic acids is 1. The fourth-order valence-electron chi connectivity index (χ4n) is 1.65. The van der Waals surface area contributed by atoms with Gasteiger partial charge in [-0.05, 0) is 0 Å². The van der Waals surface area contributed by atoms with Crippen LogP contribution in [-0.4, -0.2) is 42.4 Å². The van der Waals surface area contributed by atoms with Crippen LogP contribution in [0.15, 0.2) is 6.20 Å². The van der Waals surface area contributed by atoms with Crippen LogP contribution < -0.4 is 4.90 Å². The first-order valence-corrected chi connectivity index (χ1v) is 5.39. The molecular weight excluding hydrogens is 251 g/mol. The number of rotatable bonds is 2. The molecule has 1 N–H and O–H groups in total. The highest BCUT2D eigenvalue weighted by Gasteiger charge is 2.24. The average Bonchev–Trinajstić information content (AvgIpc) is 2.30. The van der Waals surface area contributed by atoms with Gasteiger partial charge in [-0.1, -0.05) is 11.6 Å². The van der Waals surface area contributed by atoms with Gasteiger partial charge in [-0.25, -0.2) is 14.2 Å². The molecule has 1 saturated heterocycles. The van der Waals surface area contributed by atoms with Gasteiger partial charge in [-0.3, -0.25) is 0 Å². The summed E-state index contributed by atoms with van der Waals surface area (Å²) in [6, 6.07) is 0. The minimum atomic E-state index is -1.40. The third-order valence-electron chi connectivity index (χ3n) is 2.48. The Morgan fingerprint density at radius 3 is 2.76 bits per heavy atom. The molecule has 17 heavy (non-hydrogen) atoms. The van der Waals surface area contributed by atoms with Crippen molar-refractivity contribution in [2.45, 2.75) is 0 Å². The Balaban J connectivity index is 2.41. The molecule has 1 fully saturated rings. The number of anilines is 1. The third-order valence-corrected chi connectivity index (χ3v) is 2.77. The molecular formula is C10H10ClFN2O3. The lowest BCUT2D eigenvalue weighted by Gasteiger charge is -2.28. The largest absolute Gasteiger partial charge is 0.478 e. The molecule has 7 heteroatoms. The van der Waals surface area contributed by atoms with Crippen LogP contribution >= 0.6 is 11.6 Å². The highest BCUT2D eigenvalue weighted by atomic mass is 35.5. The molecule has 0 atom stereocenters. The number of carboxylic acids is 1. The second-order valence-corrected chi connectivity index (χ2v) is 3.93. The van der Waals surface area contributed by atoms with E-state index < -0.39 is 17.3 Å². The number of halogens is 2. The van der Waals surface area contributed by atoms with Gasteiger partial charge in [0.2, 0.25) is 0 Å². The van der Waals surface area contributed by atoms with E-state index in [4.69, 9.17) is 21.4 Å². The molecule has 2 rings (SSSR count). The number of hydrogen-bond donors (Lipinski definition) is 1. The quantitative estimate of drug-likeness (QED) is 0.871. The van der Waals surface area contributed by atoms with Crippen LogP contribution in [0.2, 0.25) is 5.02 Å². The number of carboxylic acid groups (broad SMARTS) is 1. The van der Waals surface area contributed by atoms with E-state index in [0.717, 1.165) is 6.20 Å². The second kappa shape index (κ2) is 4.85. The van der Waals surface area contributed by atoms with Gasteiger partial charge in [-0.15, -0.1) is 0 Å². The molecule has 0 bridgehead atoms. The van der Waals surface area contributed by atoms with E-state index in [0.29, 0.717) is 26.3 Å². The first-order valence-electron chi connectivity index (χ1n) is 5.01. The minimum Gasteiger partial charge on any atom is -0.478 e. The summed E-state index contributed by atoms with van der Waals surface area (Å²) in [6.45, 7) is 1.88. The van der Waals surface area contributed by atoms with Crippen LogP contribution in [0, 0.1) is 5.82 Å². The molecule has 92 valence electrons. The van der Waals surface area contributed by atoms with Gasteiger partial charge in [0, 0.05) is 19.3 Å². The maximum Gasteiger partial charge on any atom is 0.340 e. The van der Waals surface area contributed by atoms with Gasteiger partial charge in [0.1, 0.15) is 5.56 Å². The van der Waals surface area contributed by atoms with E-state index >= 15 is 0 Å². The molecule has 0 unspecified atom stereocenters. The SMILES string of the molecule is O=C(O)c1c(Cl)cnc(N2CCOCC2)c1F. The van der Waals surface area contributed by atoms with Gasteiger partial charge < -0.3 is 14.7 Å². The molecule has 0 radical (unpaired) electrons.